The number of hydrogen-bond acceptors (Lipinski definition) is 6. The first-order valence-electron chi connectivity index (χ1n) is 10.7. The molecule has 1 aliphatic heterocycles. The molecule has 0 unspecified atom stereocenters. The first-order valence-corrected chi connectivity index (χ1v) is 10.7. The highest BCUT2D eigenvalue weighted by Gasteiger charge is 2.30. The number of benzene rings is 1. The van der Waals surface area contributed by atoms with Gasteiger partial charge in [0.1, 0.15) is 11.6 Å². The molecule has 2 amide bonds. The molecule has 31 heavy (non-hydrogen) atoms. The standard InChI is InChI=1S/C22H28N6O3/c1-15-19(14-16-4-8-18(9-5-16)28(30)31)21(24-20(23-15)17-6-7-17)26-10-12-27(13-11-26)22(29)25(2)3/h4-5,8-9,17H,6-7,10-14H2,1-3H3. The van der Waals surface area contributed by atoms with Crippen molar-refractivity contribution in [3.05, 3.63) is 57.0 Å². The molecule has 164 valence electrons. The normalized spacial score (nSPS) is 16.4. The Balaban J connectivity index is 1.60. The lowest BCUT2D eigenvalue weighted by Crippen LogP contribution is -2.52. The van der Waals surface area contributed by atoms with Crippen LogP contribution in [0.15, 0.2) is 24.3 Å². The molecule has 0 radical (unpaired) electrons. The summed E-state index contributed by atoms with van der Waals surface area (Å²) in [7, 11) is 3.54. The quantitative estimate of drug-likeness (QED) is 0.541. The minimum Gasteiger partial charge on any atom is -0.353 e. The maximum atomic E-state index is 12.3. The van der Waals surface area contributed by atoms with Crippen LogP contribution in [-0.4, -0.2) is 71.0 Å². The molecule has 4 rings (SSSR count). The lowest BCUT2D eigenvalue weighted by Gasteiger charge is -2.37. The SMILES string of the molecule is Cc1nc(C2CC2)nc(N2CCN(C(=O)N(C)C)CC2)c1Cc1ccc([N+](=O)[O-])cc1. The van der Waals surface area contributed by atoms with E-state index in [0.717, 1.165) is 41.3 Å². The summed E-state index contributed by atoms with van der Waals surface area (Å²) >= 11 is 0. The highest BCUT2D eigenvalue weighted by Crippen LogP contribution is 2.39. The number of carbonyl (C=O) groups excluding carboxylic acids is 1. The van der Waals surface area contributed by atoms with E-state index in [2.05, 4.69) is 4.90 Å². The van der Waals surface area contributed by atoms with Crippen molar-refractivity contribution in [3.8, 4) is 0 Å². The van der Waals surface area contributed by atoms with E-state index in [1.54, 1.807) is 31.1 Å². The zero-order chi connectivity index (χ0) is 22.1. The molecule has 0 N–H and O–H groups in total. The predicted octanol–water partition coefficient (Wildman–Crippen LogP) is 2.97. The summed E-state index contributed by atoms with van der Waals surface area (Å²) < 4.78 is 0. The highest BCUT2D eigenvalue weighted by molar-refractivity contribution is 5.74. The van der Waals surface area contributed by atoms with Crippen molar-refractivity contribution >= 4 is 17.5 Å². The number of hydrogen-bond donors (Lipinski definition) is 0. The Morgan fingerprint density at radius 2 is 1.77 bits per heavy atom. The van der Waals surface area contributed by atoms with Crippen LogP contribution in [0.3, 0.4) is 0 Å². The first-order chi connectivity index (χ1) is 14.8. The van der Waals surface area contributed by atoms with Gasteiger partial charge in [-0.15, -0.1) is 0 Å². The van der Waals surface area contributed by atoms with Crippen molar-refractivity contribution in [2.45, 2.75) is 32.1 Å². The van der Waals surface area contributed by atoms with Crippen molar-refractivity contribution in [1.82, 2.24) is 19.8 Å². The fourth-order valence-corrected chi connectivity index (χ4v) is 3.93. The number of urea groups is 1. The first kappa shape index (κ1) is 21.0. The molecule has 1 aromatic heterocycles. The van der Waals surface area contributed by atoms with Crippen LogP contribution in [0.4, 0.5) is 16.3 Å². The smallest absolute Gasteiger partial charge is 0.319 e. The lowest BCUT2D eigenvalue weighted by atomic mass is 10.0. The Morgan fingerprint density at radius 1 is 1.13 bits per heavy atom. The summed E-state index contributed by atoms with van der Waals surface area (Å²) in [5, 5.41) is 11.0. The van der Waals surface area contributed by atoms with Crippen molar-refractivity contribution in [2.24, 2.45) is 0 Å². The van der Waals surface area contributed by atoms with Gasteiger partial charge in [0, 0.05) is 76.0 Å². The fourth-order valence-electron chi connectivity index (χ4n) is 3.93. The summed E-state index contributed by atoms with van der Waals surface area (Å²) in [5.74, 6) is 2.29. The van der Waals surface area contributed by atoms with Crippen LogP contribution >= 0.6 is 0 Å². The zero-order valence-electron chi connectivity index (χ0n) is 18.2. The number of aryl methyl sites for hydroxylation is 1. The van der Waals surface area contributed by atoms with Gasteiger partial charge in [-0.2, -0.15) is 0 Å². The van der Waals surface area contributed by atoms with E-state index >= 15 is 0 Å². The van der Waals surface area contributed by atoms with E-state index in [1.807, 2.05) is 11.8 Å². The second kappa shape index (κ2) is 8.49. The van der Waals surface area contributed by atoms with Gasteiger partial charge in [-0.1, -0.05) is 12.1 Å². The van der Waals surface area contributed by atoms with Crippen LogP contribution in [-0.2, 0) is 6.42 Å². The molecular formula is C22H28N6O3. The molecule has 2 aliphatic rings. The van der Waals surface area contributed by atoms with Crippen LogP contribution in [0.2, 0.25) is 0 Å². The van der Waals surface area contributed by atoms with Gasteiger partial charge in [0.2, 0.25) is 0 Å². The number of amides is 2. The zero-order valence-corrected chi connectivity index (χ0v) is 18.2. The van der Waals surface area contributed by atoms with E-state index in [1.165, 1.54) is 12.1 Å². The topological polar surface area (TPSA) is 95.7 Å². The molecule has 2 fully saturated rings. The number of non-ortho nitro benzene ring substituents is 1. The van der Waals surface area contributed by atoms with Crippen molar-refractivity contribution < 1.29 is 9.72 Å². The monoisotopic (exact) mass is 424 g/mol. The number of anilines is 1. The molecule has 1 aromatic carbocycles. The van der Waals surface area contributed by atoms with E-state index in [4.69, 9.17) is 9.97 Å². The van der Waals surface area contributed by atoms with Crippen molar-refractivity contribution in [2.75, 3.05) is 45.2 Å². The lowest BCUT2D eigenvalue weighted by molar-refractivity contribution is -0.384. The number of nitro benzene ring substituents is 1. The van der Waals surface area contributed by atoms with Crippen LogP contribution in [0, 0.1) is 17.0 Å². The van der Waals surface area contributed by atoms with Gasteiger partial charge in [0.05, 0.1) is 4.92 Å². The Bertz CT molecular complexity index is 979. The Hall–Kier alpha value is -3.23. The third-order valence-corrected chi connectivity index (χ3v) is 5.91. The second-order valence-corrected chi connectivity index (χ2v) is 8.50. The van der Waals surface area contributed by atoms with Crippen molar-refractivity contribution in [1.29, 1.82) is 0 Å². The van der Waals surface area contributed by atoms with Gasteiger partial charge in [0.15, 0.2) is 0 Å². The van der Waals surface area contributed by atoms with E-state index in [9.17, 15) is 14.9 Å². The summed E-state index contributed by atoms with van der Waals surface area (Å²) in [6.07, 6.45) is 2.87. The molecule has 9 nitrogen and oxygen atoms in total. The number of carbonyl (C=O) groups is 1. The van der Waals surface area contributed by atoms with Gasteiger partial charge < -0.3 is 14.7 Å². The molecule has 0 bridgehead atoms. The maximum Gasteiger partial charge on any atom is 0.319 e. The molecule has 1 aliphatic carbocycles. The predicted molar refractivity (Wildman–Crippen MR) is 118 cm³/mol. The Kier molecular flexibility index (Phi) is 5.75. The average Bonchev–Trinajstić information content (AvgIpc) is 3.60. The van der Waals surface area contributed by atoms with Crippen LogP contribution < -0.4 is 4.90 Å². The molecule has 0 spiro atoms. The van der Waals surface area contributed by atoms with Gasteiger partial charge in [-0.25, -0.2) is 14.8 Å². The summed E-state index contributed by atoms with van der Waals surface area (Å²) in [4.78, 5) is 38.3. The third-order valence-electron chi connectivity index (χ3n) is 5.91. The number of nitro groups is 1. The van der Waals surface area contributed by atoms with Gasteiger partial charge in [0.25, 0.3) is 5.69 Å². The largest absolute Gasteiger partial charge is 0.353 e. The average molecular weight is 425 g/mol. The molecule has 1 saturated carbocycles. The maximum absolute atomic E-state index is 12.3. The summed E-state index contributed by atoms with van der Waals surface area (Å²) in [5.41, 5.74) is 3.07. The Morgan fingerprint density at radius 3 is 2.32 bits per heavy atom. The minimum absolute atomic E-state index is 0.0308. The highest BCUT2D eigenvalue weighted by atomic mass is 16.6. The molecule has 9 heteroatoms. The number of nitrogens with zero attached hydrogens (tertiary/aromatic N) is 6. The molecular weight excluding hydrogens is 396 g/mol. The summed E-state index contributed by atoms with van der Waals surface area (Å²) in [6, 6.07) is 6.70. The minimum atomic E-state index is -0.386. The number of rotatable bonds is 5. The van der Waals surface area contributed by atoms with Crippen LogP contribution in [0.25, 0.3) is 0 Å². The molecule has 1 saturated heterocycles. The summed E-state index contributed by atoms with van der Waals surface area (Å²) in [6.45, 7) is 4.75. The van der Waals surface area contributed by atoms with Crippen LogP contribution in [0.1, 0.15) is 41.4 Å². The van der Waals surface area contributed by atoms with Crippen molar-refractivity contribution in [3.63, 3.8) is 0 Å². The van der Waals surface area contributed by atoms with E-state index < -0.39 is 0 Å². The van der Waals surface area contributed by atoms with Crippen LogP contribution in [0.5, 0.6) is 0 Å². The second-order valence-electron chi connectivity index (χ2n) is 8.50. The molecule has 2 aromatic rings. The fraction of sp³-hybridized carbons (Fsp3) is 0.500. The van der Waals surface area contributed by atoms with Gasteiger partial charge >= 0.3 is 6.03 Å². The van der Waals surface area contributed by atoms with Gasteiger partial charge in [-0.05, 0) is 25.3 Å². The van der Waals surface area contributed by atoms with Gasteiger partial charge in [-0.3, -0.25) is 10.1 Å². The number of piperazine rings is 1. The van der Waals surface area contributed by atoms with E-state index in [0.29, 0.717) is 38.5 Å². The molecule has 0 atom stereocenters. The third kappa shape index (κ3) is 4.60. The number of aromatic nitrogens is 2. The van der Waals surface area contributed by atoms with E-state index in [-0.39, 0.29) is 16.6 Å². The Labute approximate surface area is 181 Å². The molecule has 2 heterocycles.